The van der Waals surface area contributed by atoms with Crippen LogP contribution in [0.15, 0.2) is 48.5 Å². The van der Waals surface area contributed by atoms with Gasteiger partial charge in [0.25, 0.3) is 0 Å². The maximum Gasteiger partial charge on any atom is 0.407 e. The normalized spacial score (nSPS) is 21.9. The van der Waals surface area contributed by atoms with Gasteiger partial charge in [0.2, 0.25) is 5.91 Å². The quantitative estimate of drug-likeness (QED) is 0.549. The highest BCUT2D eigenvalue weighted by Gasteiger charge is 2.51. The number of rotatable bonds is 8. The molecule has 5 rings (SSSR count). The number of carbonyl (C=O) groups excluding carboxylic acids is 2. The van der Waals surface area contributed by atoms with Crippen molar-refractivity contribution in [3.63, 3.8) is 0 Å². The molecule has 7 nitrogen and oxygen atoms in total. The summed E-state index contributed by atoms with van der Waals surface area (Å²) >= 11 is 0. The molecule has 34 heavy (non-hydrogen) atoms. The molecule has 7 heteroatoms. The Morgan fingerprint density at radius 2 is 1.56 bits per heavy atom. The molecule has 0 saturated heterocycles. The summed E-state index contributed by atoms with van der Waals surface area (Å²) < 4.78 is 5.61. The number of amides is 2. The number of benzene rings is 2. The molecule has 3 N–H and O–H groups in total. The molecule has 2 amide bonds. The molecule has 2 aromatic carbocycles. The average Bonchev–Trinajstić information content (AvgIpc) is 3.36. The molecule has 3 aliphatic rings. The van der Waals surface area contributed by atoms with E-state index in [2.05, 4.69) is 34.9 Å². The number of fused-ring (bicyclic) bond motifs is 3. The standard InChI is InChI=1S/C27H30N2O5/c30-24(29-27(11-12-27)25(31)32)14-17-9-10-18(13-17)15-28-26(33)34-16-23-21-7-3-1-5-19(21)20-6-2-4-8-22(20)23/h1-8,17-18,23H,9-16H2,(H,28,33)(H,29,30)(H,31,32). The molecule has 2 fully saturated rings. The molecule has 0 heterocycles. The zero-order valence-corrected chi connectivity index (χ0v) is 19.1. The van der Waals surface area contributed by atoms with Gasteiger partial charge >= 0.3 is 12.1 Å². The van der Waals surface area contributed by atoms with Crippen molar-refractivity contribution in [2.75, 3.05) is 13.2 Å². The second-order valence-electron chi connectivity index (χ2n) is 9.89. The van der Waals surface area contributed by atoms with Crippen LogP contribution >= 0.6 is 0 Å². The second-order valence-corrected chi connectivity index (χ2v) is 9.89. The van der Waals surface area contributed by atoms with Crippen LogP contribution in [0, 0.1) is 11.8 Å². The molecule has 0 spiro atoms. The number of ether oxygens (including phenoxy) is 1. The van der Waals surface area contributed by atoms with Crippen LogP contribution in [-0.4, -0.2) is 41.8 Å². The Balaban J connectivity index is 1.07. The number of hydrogen-bond donors (Lipinski definition) is 3. The molecule has 0 aromatic heterocycles. The van der Waals surface area contributed by atoms with Gasteiger partial charge in [0, 0.05) is 18.9 Å². The smallest absolute Gasteiger partial charge is 0.407 e. The van der Waals surface area contributed by atoms with Gasteiger partial charge in [-0.15, -0.1) is 0 Å². The molecule has 0 radical (unpaired) electrons. The highest BCUT2D eigenvalue weighted by molar-refractivity contribution is 5.89. The fraction of sp³-hybridized carbons (Fsp3) is 0.444. The van der Waals surface area contributed by atoms with Gasteiger partial charge in [-0.1, -0.05) is 48.5 Å². The summed E-state index contributed by atoms with van der Waals surface area (Å²) in [4.78, 5) is 35.9. The lowest BCUT2D eigenvalue weighted by Crippen LogP contribution is -2.43. The van der Waals surface area contributed by atoms with Crippen molar-refractivity contribution in [3.8, 4) is 11.1 Å². The van der Waals surface area contributed by atoms with Crippen molar-refractivity contribution in [2.45, 2.75) is 50.0 Å². The largest absolute Gasteiger partial charge is 0.480 e. The van der Waals surface area contributed by atoms with Crippen molar-refractivity contribution in [1.82, 2.24) is 10.6 Å². The monoisotopic (exact) mass is 462 g/mol. The molecule has 2 unspecified atom stereocenters. The summed E-state index contributed by atoms with van der Waals surface area (Å²) in [6.07, 6.45) is 3.63. The maximum atomic E-state index is 12.4. The summed E-state index contributed by atoms with van der Waals surface area (Å²) in [5.74, 6) is -0.577. The van der Waals surface area contributed by atoms with E-state index in [9.17, 15) is 19.5 Å². The van der Waals surface area contributed by atoms with Crippen LogP contribution in [0.25, 0.3) is 11.1 Å². The van der Waals surface area contributed by atoms with E-state index < -0.39 is 17.6 Å². The molecule has 0 aliphatic heterocycles. The Morgan fingerprint density at radius 1 is 0.941 bits per heavy atom. The fourth-order valence-electron chi connectivity index (χ4n) is 5.52. The van der Waals surface area contributed by atoms with E-state index in [-0.39, 0.29) is 17.7 Å². The number of carboxylic acid groups (broad SMARTS) is 1. The maximum absolute atomic E-state index is 12.4. The minimum absolute atomic E-state index is 0.0353. The Bertz CT molecular complexity index is 1060. The SMILES string of the molecule is O=C(CC1CCC(CNC(=O)OCC2c3ccccc3-c3ccccc32)C1)NC1(C(=O)O)CC1. The van der Waals surface area contributed by atoms with Crippen molar-refractivity contribution in [3.05, 3.63) is 59.7 Å². The second kappa shape index (κ2) is 9.12. The van der Waals surface area contributed by atoms with Crippen LogP contribution in [0.2, 0.25) is 0 Å². The van der Waals surface area contributed by atoms with Crippen molar-refractivity contribution in [2.24, 2.45) is 11.8 Å². The molecule has 2 atom stereocenters. The summed E-state index contributed by atoms with van der Waals surface area (Å²) in [7, 11) is 0. The lowest BCUT2D eigenvalue weighted by atomic mass is 9.98. The van der Waals surface area contributed by atoms with Gasteiger partial charge in [-0.05, 0) is 66.2 Å². The molecular weight excluding hydrogens is 432 g/mol. The van der Waals surface area contributed by atoms with Crippen LogP contribution in [0.3, 0.4) is 0 Å². The van der Waals surface area contributed by atoms with Gasteiger partial charge < -0.3 is 20.5 Å². The number of alkyl carbamates (subject to hydrolysis) is 1. The van der Waals surface area contributed by atoms with Gasteiger partial charge in [0.05, 0.1) is 0 Å². The third-order valence-corrected chi connectivity index (χ3v) is 7.54. The van der Waals surface area contributed by atoms with E-state index >= 15 is 0 Å². The highest BCUT2D eigenvalue weighted by atomic mass is 16.5. The number of aliphatic carboxylic acids is 1. The minimum atomic E-state index is -1.03. The first-order valence-electron chi connectivity index (χ1n) is 12.1. The molecule has 178 valence electrons. The Hall–Kier alpha value is -3.35. The Labute approximate surface area is 198 Å². The molecule has 0 bridgehead atoms. The van der Waals surface area contributed by atoms with Gasteiger partial charge in [0.15, 0.2) is 0 Å². The van der Waals surface area contributed by atoms with E-state index in [4.69, 9.17) is 4.74 Å². The third-order valence-electron chi connectivity index (χ3n) is 7.54. The first kappa shape index (κ1) is 22.4. The molecular formula is C27H30N2O5. The Morgan fingerprint density at radius 3 is 2.18 bits per heavy atom. The van der Waals surface area contributed by atoms with Crippen LogP contribution in [0.5, 0.6) is 0 Å². The molecule has 2 saturated carbocycles. The summed E-state index contributed by atoms with van der Waals surface area (Å²) in [6.45, 7) is 0.812. The van der Waals surface area contributed by atoms with Gasteiger partial charge in [-0.3, -0.25) is 4.79 Å². The van der Waals surface area contributed by atoms with E-state index in [0.29, 0.717) is 38.3 Å². The molecule has 2 aromatic rings. The van der Waals surface area contributed by atoms with Crippen LogP contribution < -0.4 is 10.6 Å². The van der Waals surface area contributed by atoms with Gasteiger partial charge in [0.1, 0.15) is 12.1 Å². The van der Waals surface area contributed by atoms with Gasteiger partial charge in [-0.25, -0.2) is 9.59 Å². The van der Waals surface area contributed by atoms with E-state index in [1.165, 1.54) is 22.3 Å². The summed E-state index contributed by atoms with van der Waals surface area (Å²) in [6, 6.07) is 16.5. The first-order valence-corrected chi connectivity index (χ1v) is 12.1. The summed E-state index contributed by atoms with van der Waals surface area (Å²) in [5.41, 5.74) is 3.74. The van der Waals surface area contributed by atoms with Crippen LogP contribution in [0.1, 0.15) is 55.6 Å². The highest BCUT2D eigenvalue weighted by Crippen LogP contribution is 2.44. The van der Waals surface area contributed by atoms with Crippen LogP contribution in [-0.2, 0) is 14.3 Å². The predicted molar refractivity (Wildman–Crippen MR) is 126 cm³/mol. The van der Waals surface area contributed by atoms with Gasteiger partial charge in [-0.2, -0.15) is 0 Å². The first-order chi connectivity index (χ1) is 16.4. The van der Waals surface area contributed by atoms with Crippen molar-refractivity contribution >= 4 is 18.0 Å². The lowest BCUT2D eigenvalue weighted by Gasteiger charge is -2.16. The zero-order chi connectivity index (χ0) is 23.7. The zero-order valence-electron chi connectivity index (χ0n) is 19.1. The van der Waals surface area contributed by atoms with Crippen molar-refractivity contribution in [1.29, 1.82) is 0 Å². The topological polar surface area (TPSA) is 105 Å². The fourth-order valence-corrected chi connectivity index (χ4v) is 5.52. The predicted octanol–water partition coefficient (Wildman–Crippen LogP) is 4.06. The summed E-state index contributed by atoms with van der Waals surface area (Å²) in [5, 5.41) is 14.8. The average molecular weight is 463 g/mol. The minimum Gasteiger partial charge on any atom is -0.480 e. The number of carboxylic acids is 1. The number of nitrogens with one attached hydrogen (secondary N) is 2. The Kier molecular flexibility index (Phi) is 6.02. The van der Waals surface area contributed by atoms with E-state index in [1.54, 1.807) is 0 Å². The van der Waals surface area contributed by atoms with Crippen LogP contribution in [0.4, 0.5) is 4.79 Å². The third kappa shape index (κ3) is 4.52. The number of carbonyl (C=O) groups is 3. The van der Waals surface area contributed by atoms with E-state index in [0.717, 1.165) is 19.3 Å². The lowest BCUT2D eigenvalue weighted by molar-refractivity contribution is -0.143. The van der Waals surface area contributed by atoms with E-state index in [1.807, 2.05) is 24.3 Å². The number of hydrogen-bond acceptors (Lipinski definition) is 4. The van der Waals surface area contributed by atoms with Crippen molar-refractivity contribution < 1.29 is 24.2 Å². The molecule has 3 aliphatic carbocycles.